The van der Waals surface area contributed by atoms with Crippen molar-refractivity contribution in [3.8, 4) is 0 Å². The topological polar surface area (TPSA) is 88.3 Å². The van der Waals surface area contributed by atoms with Crippen LogP contribution in [0.4, 0.5) is 0 Å². The lowest BCUT2D eigenvalue weighted by Crippen LogP contribution is -2.43. The van der Waals surface area contributed by atoms with Crippen molar-refractivity contribution in [2.24, 2.45) is 0 Å². The Hall–Kier alpha value is -2.70. The molecule has 0 aliphatic rings. The van der Waals surface area contributed by atoms with Crippen LogP contribution in [-0.4, -0.2) is 39.9 Å². The van der Waals surface area contributed by atoms with Crippen LogP contribution in [0.15, 0.2) is 34.9 Å². The first-order valence-electron chi connectivity index (χ1n) is 7.97. The molecule has 1 unspecified atom stereocenters. The van der Waals surface area contributed by atoms with E-state index in [1.54, 1.807) is 11.8 Å². The molecule has 2 amide bonds. The molecule has 128 valence electrons. The minimum absolute atomic E-state index is 0.0355. The van der Waals surface area contributed by atoms with Crippen molar-refractivity contribution in [2.75, 3.05) is 13.1 Å². The highest BCUT2D eigenvalue weighted by atomic mass is 16.5. The van der Waals surface area contributed by atoms with Crippen molar-refractivity contribution >= 4 is 11.8 Å². The SMILES string of the molecule is CCN(CC)C(=O)C(NC(=O)Cc1noc(C)n1)c1ccccc1. The standard InChI is InChI=1S/C17H22N4O3/c1-4-21(5-2)17(23)16(13-9-7-6-8-10-13)19-15(22)11-14-18-12(3)24-20-14/h6-10,16H,4-5,11H2,1-3H3,(H,19,22). The maximum atomic E-state index is 12.8. The van der Waals surface area contributed by atoms with Crippen LogP contribution in [0.25, 0.3) is 0 Å². The molecule has 0 aliphatic heterocycles. The fraction of sp³-hybridized carbons (Fsp3) is 0.412. The quantitative estimate of drug-likeness (QED) is 0.834. The molecule has 24 heavy (non-hydrogen) atoms. The van der Waals surface area contributed by atoms with Crippen LogP contribution in [0.5, 0.6) is 0 Å². The molecule has 0 spiro atoms. The number of nitrogens with one attached hydrogen (secondary N) is 1. The summed E-state index contributed by atoms with van der Waals surface area (Å²) in [5, 5.41) is 6.49. The number of nitrogens with zero attached hydrogens (tertiary/aromatic N) is 3. The summed E-state index contributed by atoms with van der Waals surface area (Å²) in [6.45, 7) is 6.64. The predicted octanol–water partition coefficient (Wildman–Crippen LogP) is 1.65. The summed E-state index contributed by atoms with van der Waals surface area (Å²) in [5.41, 5.74) is 0.743. The third kappa shape index (κ3) is 4.41. The molecule has 0 radical (unpaired) electrons. The Morgan fingerprint density at radius 2 is 1.88 bits per heavy atom. The van der Waals surface area contributed by atoms with Crippen molar-refractivity contribution in [3.05, 3.63) is 47.6 Å². The number of benzene rings is 1. The zero-order chi connectivity index (χ0) is 17.5. The van der Waals surface area contributed by atoms with Gasteiger partial charge in [0.25, 0.3) is 0 Å². The predicted molar refractivity (Wildman–Crippen MR) is 88.0 cm³/mol. The second-order valence-corrected chi connectivity index (χ2v) is 5.33. The molecule has 0 saturated carbocycles. The fourth-order valence-electron chi connectivity index (χ4n) is 2.42. The number of amides is 2. The first-order valence-corrected chi connectivity index (χ1v) is 7.97. The minimum atomic E-state index is -0.730. The van der Waals surface area contributed by atoms with Gasteiger partial charge in [-0.25, -0.2) is 0 Å². The highest BCUT2D eigenvalue weighted by Crippen LogP contribution is 2.16. The molecule has 2 aromatic rings. The highest BCUT2D eigenvalue weighted by molar-refractivity contribution is 5.89. The summed E-state index contributed by atoms with van der Waals surface area (Å²) < 4.78 is 4.86. The number of hydrogen-bond donors (Lipinski definition) is 1. The molecule has 2 rings (SSSR count). The third-order valence-corrected chi connectivity index (χ3v) is 3.65. The summed E-state index contributed by atoms with van der Waals surface area (Å²) in [7, 11) is 0. The van der Waals surface area contributed by atoms with Gasteiger partial charge in [0.2, 0.25) is 17.7 Å². The van der Waals surface area contributed by atoms with Crippen LogP contribution >= 0.6 is 0 Å². The molecule has 7 heteroatoms. The number of rotatable bonds is 7. The van der Waals surface area contributed by atoms with E-state index in [4.69, 9.17) is 4.52 Å². The first kappa shape index (κ1) is 17.7. The number of likely N-dealkylation sites (N-methyl/N-ethyl adjacent to an activating group) is 1. The van der Waals surface area contributed by atoms with E-state index in [1.165, 1.54) is 0 Å². The lowest BCUT2D eigenvalue weighted by Gasteiger charge is -2.26. The Balaban J connectivity index is 2.16. The van der Waals surface area contributed by atoms with E-state index >= 15 is 0 Å². The molecule has 7 nitrogen and oxygen atoms in total. The van der Waals surface area contributed by atoms with Gasteiger partial charge in [0.05, 0.1) is 6.42 Å². The number of hydrogen-bond acceptors (Lipinski definition) is 5. The maximum Gasteiger partial charge on any atom is 0.249 e. The van der Waals surface area contributed by atoms with E-state index in [0.29, 0.717) is 24.8 Å². The largest absolute Gasteiger partial charge is 0.341 e. The van der Waals surface area contributed by atoms with Crippen molar-refractivity contribution in [2.45, 2.75) is 33.2 Å². The van der Waals surface area contributed by atoms with Gasteiger partial charge in [0.1, 0.15) is 6.04 Å². The van der Waals surface area contributed by atoms with Crippen LogP contribution in [0.2, 0.25) is 0 Å². The summed E-state index contributed by atoms with van der Waals surface area (Å²) in [6.07, 6.45) is -0.0355. The molecule has 0 fully saturated rings. The van der Waals surface area contributed by atoms with Crippen molar-refractivity contribution in [1.82, 2.24) is 20.4 Å². The Labute approximate surface area is 141 Å². The molecular formula is C17H22N4O3. The fourth-order valence-corrected chi connectivity index (χ4v) is 2.42. The second-order valence-electron chi connectivity index (χ2n) is 5.33. The monoisotopic (exact) mass is 330 g/mol. The van der Waals surface area contributed by atoms with E-state index in [1.807, 2.05) is 44.2 Å². The van der Waals surface area contributed by atoms with E-state index in [9.17, 15) is 9.59 Å². The Morgan fingerprint density at radius 1 is 1.21 bits per heavy atom. The van der Waals surface area contributed by atoms with Gasteiger partial charge in [-0.05, 0) is 19.4 Å². The number of aromatic nitrogens is 2. The molecule has 1 N–H and O–H groups in total. The molecule has 0 saturated heterocycles. The molecule has 1 aromatic heterocycles. The van der Waals surface area contributed by atoms with Gasteiger partial charge in [0.15, 0.2) is 5.82 Å². The average molecular weight is 330 g/mol. The van der Waals surface area contributed by atoms with Crippen molar-refractivity contribution in [1.29, 1.82) is 0 Å². The number of aryl methyl sites for hydroxylation is 1. The van der Waals surface area contributed by atoms with Crippen LogP contribution in [-0.2, 0) is 16.0 Å². The lowest BCUT2D eigenvalue weighted by molar-refractivity contribution is -0.136. The lowest BCUT2D eigenvalue weighted by atomic mass is 10.1. The zero-order valence-electron chi connectivity index (χ0n) is 14.2. The van der Waals surface area contributed by atoms with Crippen LogP contribution in [0.1, 0.15) is 37.2 Å². The van der Waals surface area contributed by atoms with Gasteiger partial charge in [-0.2, -0.15) is 4.98 Å². The van der Waals surface area contributed by atoms with E-state index < -0.39 is 6.04 Å². The molecule has 1 aromatic carbocycles. The maximum absolute atomic E-state index is 12.8. The minimum Gasteiger partial charge on any atom is -0.341 e. The van der Waals surface area contributed by atoms with Crippen LogP contribution < -0.4 is 5.32 Å². The second kappa shape index (κ2) is 8.24. The molecular weight excluding hydrogens is 308 g/mol. The van der Waals surface area contributed by atoms with Gasteiger partial charge in [0, 0.05) is 20.0 Å². The summed E-state index contributed by atoms with van der Waals surface area (Å²) in [4.78, 5) is 30.8. The Kier molecular flexibility index (Phi) is 6.06. The zero-order valence-corrected chi connectivity index (χ0v) is 14.2. The van der Waals surface area contributed by atoms with Crippen molar-refractivity contribution < 1.29 is 14.1 Å². The van der Waals surface area contributed by atoms with E-state index in [2.05, 4.69) is 15.5 Å². The van der Waals surface area contributed by atoms with Gasteiger partial charge < -0.3 is 14.7 Å². The number of carbonyl (C=O) groups excluding carboxylic acids is 2. The highest BCUT2D eigenvalue weighted by Gasteiger charge is 2.26. The summed E-state index contributed by atoms with van der Waals surface area (Å²) in [5.74, 6) is 0.234. The van der Waals surface area contributed by atoms with Gasteiger partial charge in [-0.1, -0.05) is 35.5 Å². The van der Waals surface area contributed by atoms with E-state index in [-0.39, 0.29) is 18.2 Å². The van der Waals surface area contributed by atoms with Gasteiger partial charge >= 0.3 is 0 Å². The Morgan fingerprint density at radius 3 is 2.42 bits per heavy atom. The van der Waals surface area contributed by atoms with Crippen LogP contribution in [0, 0.1) is 6.92 Å². The molecule has 1 heterocycles. The normalized spacial score (nSPS) is 11.8. The first-order chi connectivity index (χ1) is 11.5. The average Bonchev–Trinajstić information content (AvgIpc) is 2.99. The summed E-state index contributed by atoms with van der Waals surface area (Å²) >= 11 is 0. The molecule has 0 aliphatic carbocycles. The van der Waals surface area contributed by atoms with Gasteiger partial charge in [-0.3, -0.25) is 9.59 Å². The van der Waals surface area contributed by atoms with Crippen LogP contribution in [0.3, 0.4) is 0 Å². The Bertz CT molecular complexity index is 680. The summed E-state index contributed by atoms with van der Waals surface area (Å²) in [6, 6.07) is 8.47. The third-order valence-electron chi connectivity index (χ3n) is 3.65. The van der Waals surface area contributed by atoms with Crippen molar-refractivity contribution in [3.63, 3.8) is 0 Å². The van der Waals surface area contributed by atoms with Gasteiger partial charge in [-0.15, -0.1) is 0 Å². The molecule has 1 atom stereocenters. The molecule has 0 bridgehead atoms. The smallest absolute Gasteiger partial charge is 0.249 e. The number of carbonyl (C=O) groups is 2. The van der Waals surface area contributed by atoms with E-state index in [0.717, 1.165) is 5.56 Å².